The Labute approximate surface area is 210 Å². The predicted molar refractivity (Wildman–Crippen MR) is 121 cm³/mol. The van der Waals surface area contributed by atoms with E-state index < -0.39 is 71.5 Å². The largest absolute Gasteiger partial charge is 0.507 e. The standard InChI is InChI=1S/C26H24O11/c1-8(27)9-6-11-15(13(7-9)35-25-23(33)22(32)24-26(36-24)37-25)21(31)17-16(19(11)29)18(28)10-4-3-5-12(34-2)14(10)20(17)30/h3-5,9,13,22-26,29,31-33H,6-7H2,1-2H3/t9?,13-,22?,23?,24?,25?,26?/m0/s1. The number of benzene rings is 2. The molecular weight excluding hydrogens is 488 g/mol. The van der Waals surface area contributed by atoms with Crippen LogP contribution in [0.15, 0.2) is 18.2 Å². The summed E-state index contributed by atoms with van der Waals surface area (Å²) in [5.74, 6) is -3.23. The van der Waals surface area contributed by atoms with Crippen molar-refractivity contribution in [1.82, 2.24) is 0 Å². The molecule has 0 aromatic heterocycles. The van der Waals surface area contributed by atoms with E-state index in [1.807, 2.05) is 0 Å². The number of methoxy groups -OCH3 is 1. The van der Waals surface area contributed by atoms with Crippen LogP contribution in [0.2, 0.25) is 0 Å². The first-order valence-electron chi connectivity index (χ1n) is 11.8. The SMILES string of the molecule is COc1cccc2c1C(=O)c1c(O)c3c(c(O)c1C2=O)CC(C(C)=O)C[C@@H]3OC1OC2OC2C(O)C1O. The van der Waals surface area contributed by atoms with Gasteiger partial charge in [-0.15, -0.1) is 0 Å². The quantitative estimate of drug-likeness (QED) is 0.289. The minimum atomic E-state index is -1.49. The van der Waals surface area contributed by atoms with Crippen molar-refractivity contribution in [3.8, 4) is 17.2 Å². The van der Waals surface area contributed by atoms with Crippen molar-refractivity contribution in [2.45, 2.75) is 56.8 Å². The van der Waals surface area contributed by atoms with Crippen LogP contribution in [-0.4, -0.2) is 75.8 Å². The number of phenols is 2. The number of rotatable bonds is 4. The first-order chi connectivity index (χ1) is 17.6. The van der Waals surface area contributed by atoms with Gasteiger partial charge in [0.15, 0.2) is 18.4 Å². The zero-order chi connectivity index (χ0) is 26.3. The summed E-state index contributed by atoms with van der Waals surface area (Å²) in [6.07, 6.45) is -6.69. The molecule has 2 aliphatic heterocycles. The molecule has 194 valence electrons. The highest BCUT2D eigenvalue weighted by Crippen LogP contribution is 2.52. The van der Waals surface area contributed by atoms with Crippen LogP contribution in [0.4, 0.5) is 0 Å². The number of carbonyl (C=O) groups is 3. The number of Topliss-reactive ketones (excluding diaryl/α,β-unsaturated/α-hetero) is 1. The summed E-state index contributed by atoms with van der Waals surface area (Å²) in [5, 5.41) is 43.4. The summed E-state index contributed by atoms with van der Waals surface area (Å²) in [4.78, 5) is 39.4. The molecule has 11 heteroatoms. The number of ether oxygens (including phenoxy) is 4. The van der Waals surface area contributed by atoms with Gasteiger partial charge in [-0.1, -0.05) is 12.1 Å². The number of epoxide rings is 1. The van der Waals surface area contributed by atoms with Gasteiger partial charge in [0, 0.05) is 22.6 Å². The summed E-state index contributed by atoms with van der Waals surface area (Å²) < 4.78 is 21.9. The Kier molecular flexibility index (Phi) is 5.41. The molecule has 7 atom stereocenters. The topological polar surface area (TPSA) is 172 Å². The molecule has 0 amide bonds. The van der Waals surface area contributed by atoms with Crippen molar-refractivity contribution >= 4 is 17.3 Å². The van der Waals surface area contributed by atoms with E-state index in [1.54, 1.807) is 0 Å². The lowest BCUT2D eigenvalue weighted by Crippen LogP contribution is -2.49. The molecule has 4 N–H and O–H groups in total. The van der Waals surface area contributed by atoms with E-state index in [0.29, 0.717) is 0 Å². The molecule has 0 saturated carbocycles. The van der Waals surface area contributed by atoms with Gasteiger partial charge in [0.2, 0.25) is 5.78 Å². The Balaban J connectivity index is 1.50. The summed E-state index contributed by atoms with van der Waals surface area (Å²) in [6.45, 7) is 1.37. The monoisotopic (exact) mass is 512 g/mol. The molecular formula is C26H24O11. The molecule has 0 bridgehead atoms. The molecule has 2 aromatic carbocycles. The number of aliphatic hydroxyl groups excluding tert-OH is 2. The van der Waals surface area contributed by atoms with Gasteiger partial charge >= 0.3 is 0 Å². The molecule has 2 aromatic rings. The number of fused-ring (bicyclic) bond motifs is 4. The number of carbonyl (C=O) groups excluding carboxylic acids is 3. The fraction of sp³-hybridized carbons (Fsp3) is 0.423. The summed E-state index contributed by atoms with van der Waals surface area (Å²) in [7, 11) is 1.34. The number of aromatic hydroxyl groups is 2. The lowest BCUT2D eigenvalue weighted by Gasteiger charge is -2.37. The van der Waals surface area contributed by atoms with Crippen molar-refractivity contribution in [3.05, 3.63) is 51.6 Å². The summed E-state index contributed by atoms with van der Waals surface area (Å²) in [5.41, 5.74) is -0.681. The normalized spacial score (nSPS) is 31.6. The van der Waals surface area contributed by atoms with Crippen molar-refractivity contribution in [2.75, 3.05) is 7.11 Å². The molecule has 2 saturated heterocycles. The van der Waals surface area contributed by atoms with Crippen LogP contribution in [0.1, 0.15) is 62.4 Å². The van der Waals surface area contributed by atoms with Gasteiger partial charge in [-0.25, -0.2) is 0 Å². The third-order valence-electron chi connectivity index (χ3n) is 7.62. The summed E-state index contributed by atoms with van der Waals surface area (Å²) >= 11 is 0. The van der Waals surface area contributed by atoms with Crippen LogP contribution >= 0.6 is 0 Å². The Hall–Kier alpha value is -3.35. The molecule has 6 unspecified atom stereocenters. The molecule has 2 fully saturated rings. The van der Waals surface area contributed by atoms with Crippen molar-refractivity contribution < 1.29 is 53.8 Å². The molecule has 37 heavy (non-hydrogen) atoms. The lowest BCUT2D eigenvalue weighted by atomic mass is 9.74. The van der Waals surface area contributed by atoms with Crippen LogP contribution in [-0.2, 0) is 25.4 Å². The van der Waals surface area contributed by atoms with E-state index in [1.165, 1.54) is 32.2 Å². The highest BCUT2D eigenvalue weighted by atomic mass is 16.8. The van der Waals surface area contributed by atoms with E-state index in [9.17, 15) is 34.8 Å². The average molecular weight is 512 g/mol. The average Bonchev–Trinajstić information content (AvgIpc) is 3.66. The smallest absolute Gasteiger partial charge is 0.202 e. The molecule has 2 heterocycles. The van der Waals surface area contributed by atoms with E-state index in [4.69, 9.17) is 18.9 Å². The molecule has 6 rings (SSSR count). The molecule has 2 aliphatic carbocycles. The molecule has 11 nitrogen and oxygen atoms in total. The maximum atomic E-state index is 13.6. The Morgan fingerprint density at radius 1 is 1.00 bits per heavy atom. The zero-order valence-electron chi connectivity index (χ0n) is 19.8. The second-order valence-corrected chi connectivity index (χ2v) is 9.71. The van der Waals surface area contributed by atoms with E-state index in [-0.39, 0.29) is 52.2 Å². The van der Waals surface area contributed by atoms with E-state index in [2.05, 4.69) is 0 Å². The third kappa shape index (κ3) is 3.42. The fourth-order valence-corrected chi connectivity index (χ4v) is 5.62. The van der Waals surface area contributed by atoms with E-state index in [0.717, 1.165) is 0 Å². The Morgan fingerprint density at radius 3 is 2.43 bits per heavy atom. The van der Waals surface area contributed by atoms with Gasteiger partial charge in [-0.05, 0) is 25.8 Å². The van der Waals surface area contributed by atoms with Gasteiger partial charge in [-0.2, -0.15) is 0 Å². The maximum Gasteiger partial charge on any atom is 0.202 e. The molecule has 4 aliphatic rings. The Morgan fingerprint density at radius 2 is 1.73 bits per heavy atom. The number of hydrogen-bond acceptors (Lipinski definition) is 11. The number of aliphatic hydroxyl groups is 2. The third-order valence-corrected chi connectivity index (χ3v) is 7.62. The maximum absolute atomic E-state index is 13.6. The highest BCUT2D eigenvalue weighted by molar-refractivity contribution is 6.31. The van der Waals surface area contributed by atoms with E-state index >= 15 is 0 Å². The van der Waals surface area contributed by atoms with Crippen LogP contribution in [0.5, 0.6) is 17.2 Å². The van der Waals surface area contributed by atoms with Gasteiger partial charge in [0.1, 0.15) is 41.3 Å². The first-order valence-corrected chi connectivity index (χ1v) is 11.8. The zero-order valence-corrected chi connectivity index (χ0v) is 19.8. The van der Waals surface area contributed by atoms with Crippen LogP contribution < -0.4 is 4.74 Å². The van der Waals surface area contributed by atoms with Gasteiger partial charge in [0.25, 0.3) is 0 Å². The highest BCUT2D eigenvalue weighted by Gasteiger charge is 2.57. The number of phenolic OH excluding ortho intramolecular Hbond substituents is 2. The fourth-order valence-electron chi connectivity index (χ4n) is 5.62. The summed E-state index contributed by atoms with van der Waals surface area (Å²) in [6, 6.07) is 4.48. The van der Waals surface area contributed by atoms with Crippen LogP contribution in [0, 0.1) is 5.92 Å². The van der Waals surface area contributed by atoms with Crippen molar-refractivity contribution in [2.24, 2.45) is 5.92 Å². The second kappa shape index (κ2) is 8.33. The molecule has 0 spiro atoms. The Bertz CT molecular complexity index is 1370. The van der Waals surface area contributed by atoms with Gasteiger partial charge in [0.05, 0.1) is 29.9 Å². The second-order valence-electron chi connectivity index (χ2n) is 9.71. The number of ketones is 3. The lowest BCUT2D eigenvalue weighted by molar-refractivity contribution is -0.263. The van der Waals surface area contributed by atoms with Gasteiger partial charge in [-0.3, -0.25) is 14.4 Å². The number of hydrogen-bond donors (Lipinski definition) is 4. The van der Waals surface area contributed by atoms with Crippen LogP contribution in [0.3, 0.4) is 0 Å². The minimum Gasteiger partial charge on any atom is -0.507 e. The molecule has 0 radical (unpaired) electrons. The predicted octanol–water partition coefficient (Wildman–Crippen LogP) is 0.894. The van der Waals surface area contributed by atoms with Crippen molar-refractivity contribution in [3.63, 3.8) is 0 Å². The van der Waals surface area contributed by atoms with Crippen molar-refractivity contribution in [1.29, 1.82) is 0 Å². The van der Waals surface area contributed by atoms with Crippen LogP contribution in [0.25, 0.3) is 0 Å². The first kappa shape index (κ1) is 24.0. The minimum absolute atomic E-state index is 0.00580. The van der Waals surface area contributed by atoms with Gasteiger partial charge < -0.3 is 39.4 Å².